The van der Waals surface area contributed by atoms with Gasteiger partial charge in [0, 0.05) is 24.3 Å². The van der Waals surface area contributed by atoms with E-state index in [4.69, 9.17) is 42.7 Å². The first-order chi connectivity index (χ1) is 33.6. The molecule has 69 heavy (non-hydrogen) atoms. The predicted octanol–water partition coefficient (Wildman–Crippen LogP) is 10.6. The van der Waals surface area contributed by atoms with Gasteiger partial charge in [-0.2, -0.15) is 5.26 Å². The Kier molecular flexibility index (Phi) is 18.2. The first-order valence-corrected chi connectivity index (χ1v) is 24.8. The van der Waals surface area contributed by atoms with Crippen LogP contribution >= 0.6 is 8.53 Å². The number of imidazole rings is 1. The molecule has 364 valence electrons. The first-order valence-electron chi connectivity index (χ1n) is 23.7. The molecule has 1 amide bonds. The minimum absolute atomic E-state index is 0.00847. The van der Waals surface area contributed by atoms with Crippen molar-refractivity contribution in [1.29, 1.82) is 5.26 Å². The second-order valence-electron chi connectivity index (χ2n) is 17.3. The van der Waals surface area contributed by atoms with E-state index in [-0.39, 0.29) is 43.4 Å². The molecule has 2 aromatic heterocycles. The minimum Gasteiger partial charge on any atom is -0.497 e. The van der Waals surface area contributed by atoms with Crippen LogP contribution in [0.4, 0.5) is 5.82 Å². The van der Waals surface area contributed by atoms with Crippen molar-refractivity contribution in [3.05, 3.63) is 144 Å². The van der Waals surface area contributed by atoms with Crippen molar-refractivity contribution in [2.24, 2.45) is 0 Å². The van der Waals surface area contributed by atoms with Crippen LogP contribution < -0.4 is 14.8 Å². The summed E-state index contributed by atoms with van der Waals surface area (Å²) in [6, 6.07) is 37.1. The summed E-state index contributed by atoms with van der Waals surface area (Å²) in [6.07, 6.45) is 4.01. The summed E-state index contributed by atoms with van der Waals surface area (Å²) in [7, 11) is 1.50. The van der Waals surface area contributed by atoms with Crippen LogP contribution in [0, 0.1) is 11.3 Å². The van der Waals surface area contributed by atoms with Crippen LogP contribution in [-0.2, 0) is 28.9 Å². The van der Waals surface area contributed by atoms with E-state index in [1.54, 1.807) is 44.8 Å². The Morgan fingerprint density at radius 2 is 1.43 bits per heavy atom. The third kappa shape index (κ3) is 12.0. The highest BCUT2D eigenvalue weighted by Crippen LogP contribution is 2.52. The molecular weight excluding hydrogens is 894 g/mol. The van der Waals surface area contributed by atoms with E-state index in [9.17, 15) is 10.1 Å². The van der Waals surface area contributed by atoms with Gasteiger partial charge in [-0.3, -0.25) is 9.36 Å². The van der Waals surface area contributed by atoms with Crippen LogP contribution in [0.2, 0.25) is 0 Å². The SMILES string of the molecule is CCCCCCO[C@@H]1[C@H](OP(OCCC#N)N(C(C)C)C(C)C)[C@@H](COC(c2ccccc2)(c2ccc(OC)cc2)c2ccc(OC)cc2)O[C@H]1n1cnc2c(NC(=O)c3ccccc3)ncnc21. The highest BCUT2D eigenvalue weighted by Gasteiger charge is 2.52. The van der Waals surface area contributed by atoms with E-state index >= 15 is 0 Å². The van der Waals surface area contributed by atoms with Gasteiger partial charge < -0.3 is 38.0 Å². The number of hydrogen-bond acceptors (Lipinski definition) is 13. The van der Waals surface area contributed by atoms with Gasteiger partial charge >= 0.3 is 0 Å². The number of amides is 1. The number of aromatic nitrogens is 4. The molecule has 0 bridgehead atoms. The Morgan fingerprint density at radius 3 is 2.03 bits per heavy atom. The normalized spacial score (nSPS) is 17.6. The Bertz CT molecular complexity index is 2500. The van der Waals surface area contributed by atoms with Crippen molar-refractivity contribution in [1.82, 2.24) is 24.2 Å². The van der Waals surface area contributed by atoms with E-state index in [1.807, 2.05) is 77.4 Å². The van der Waals surface area contributed by atoms with Crippen LogP contribution in [0.5, 0.6) is 11.5 Å². The lowest BCUT2D eigenvalue weighted by molar-refractivity contribution is -0.0954. The zero-order valence-electron chi connectivity index (χ0n) is 40.6. The van der Waals surface area contributed by atoms with E-state index in [0.717, 1.165) is 42.4 Å². The number of nitrogens with one attached hydrogen (secondary N) is 1. The van der Waals surface area contributed by atoms with Crippen LogP contribution in [0.15, 0.2) is 122 Å². The van der Waals surface area contributed by atoms with Gasteiger partial charge in [-0.05, 0) is 87.2 Å². The molecule has 1 N–H and O–H groups in total. The van der Waals surface area contributed by atoms with E-state index in [1.165, 1.54) is 6.33 Å². The van der Waals surface area contributed by atoms with Gasteiger partial charge in [-0.25, -0.2) is 19.6 Å². The average molecular weight is 958 g/mol. The second kappa shape index (κ2) is 24.6. The summed E-state index contributed by atoms with van der Waals surface area (Å²) in [5.41, 5.74) is 2.68. The van der Waals surface area contributed by atoms with Gasteiger partial charge in [0.2, 0.25) is 0 Å². The van der Waals surface area contributed by atoms with Crippen molar-refractivity contribution in [2.45, 2.75) is 109 Å². The summed E-state index contributed by atoms with van der Waals surface area (Å²) in [5, 5.41) is 12.5. The number of anilines is 1. The van der Waals surface area contributed by atoms with Crippen molar-refractivity contribution >= 4 is 31.4 Å². The summed E-state index contributed by atoms with van der Waals surface area (Å²) >= 11 is 0. The molecule has 1 aliphatic rings. The standard InChI is InChI=1S/C53H64N7O8P/c1-8-9-10-17-32-64-48-47(68-69(66-33-18-31-54)60(37(2)3)38(4)5)45(67-52(48)59-36-57-46-49(55-35-56-50(46)59)58-51(61)39-19-13-11-14-20-39)34-65-53(40-21-15-12-16-22-40,41-23-27-43(62-6)28-24-41)42-25-29-44(63-7)30-26-42/h11-16,19-30,35-38,45,47-48,52H,8-10,17-18,32-34H2,1-7H3,(H,55,56,58,61)/t45-,47-,48-,52-,69?/m1/s1. The number of methoxy groups -OCH3 is 2. The highest BCUT2D eigenvalue weighted by molar-refractivity contribution is 7.44. The molecule has 5 atom stereocenters. The molecule has 1 saturated heterocycles. The number of hydrogen-bond donors (Lipinski definition) is 1. The number of nitriles is 1. The Hall–Kier alpha value is -5.82. The molecule has 3 heterocycles. The number of unbranched alkanes of at least 4 members (excludes halogenated alkanes) is 3. The number of rotatable bonds is 25. The third-order valence-electron chi connectivity index (χ3n) is 12.0. The number of carbonyl (C=O) groups is 1. The van der Waals surface area contributed by atoms with Gasteiger partial charge in [0.1, 0.15) is 41.7 Å². The fourth-order valence-electron chi connectivity index (χ4n) is 8.70. The maximum Gasteiger partial charge on any atom is 0.259 e. The smallest absolute Gasteiger partial charge is 0.259 e. The number of benzene rings is 4. The van der Waals surface area contributed by atoms with Crippen molar-refractivity contribution in [3.63, 3.8) is 0 Å². The van der Waals surface area contributed by atoms with Gasteiger partial charge in [0.05, 0.1) is 46.3 Å². The van der Waals surface area contributed by atoms with Crippen LogP contribution in [-0.4, -0.2) is 94.5 Å². The van der Waals surface area contributed by atoms with Gasteiger partial charge in [0.25, 0.3) is 14.4 Å². The lowest BCUT2D eigenvalue weighted by Gasteiger charge is -2.39. The molecular formula is C53H64N7O8P. The molecule has 0 aliphatic carbocycles. The fourth-order valence-corrected chi connectivity index (χ4v) is 10.5. The molecule has 6 aromatic rings. The summed E-state index contributed by atoms with van der Waals surface area (Å²) < 4.78 is 50.9. The van der Waals surface area contributed by atoms with Gasteiger partial charge in [-0.15, -0.1) is 0 Å². The number of ether oxygens (including phenoxy) is 5. The van der Waals surface area contributed by atoms with Gasteiger partial charge in [0.15, 0.2) is 23.2 Å². The first kappa shape index (κ1) is 51.0. The molecule has 16 heteroatoms. The maximum absolute atomic E-state index is 13.4. The summed E-state index contributed by atoms with van der Waals surface area (Å²) in [5.74, 6) is 1.32. The number of fused-ring (bicyclic) bond motifs is 1. The van der Waals surface area contributed by atoms with Crippen molar-refractivity contribution < 1.29 is 37.5 Å². The molecule has 1 unspecified atom stereocenters. The van der Waals surface area contributed by atoms with Gasteiger partial charge in [-0.1, -0.05) is 99.0 Å². The van der Waals surface area contributed by atoms with Crippen LogP contribution in [0.1, 0.15) is 100.0 Å². The molecule has 1 fully saturated rings. The Morgan fingerprint density at radius 1 is 0.812 bits per heavy atom. The van der Waals surface area contributed by atoms with Crippen LogP contribution in [0.25, 0.3) is 11.2 Å². The van der Waals surface area contributed by atoms with E-state index in [0.29, 0.717) is 34.8 Å². The molecule has 4 aromatic carbocycles. The molecule has 15 nitrogen and oxygen atoms in total. The Balaban J connectivity index is 1.36. The maximum atomic E-state index is 13.4. The summed E-state index contributed by atoms with van der Waals surface area (Å²) in [4.78, 5) is 27.3. The summed E-state index contributed by atoms with van der Waals surface area (Å²) in [6.45, 7) is 11.2. The minimum atomic E-state index is -1.79. The van der Waals surface area contributed by atoms with Crippen molar-refractivity contribution in [3.8, 4) is 17.6 Å². The zero-order valence-corrected chi connectivity index (χ0v) is 41.5. The Labute approximate surface area is 407 Å². The van der Waals surface area contributed by atoms with Crippen molar-refractivity contribution in [2.75, 3.05) is 39.4 Å². The lowest BCUT2D eigenvalue weighted by atomic mass is 9.80. The number of nitrogens with zero attached hydrogens (tertiary/aromatic N) is 6. The quantitative estimate of drug-likeness (QED) is 0.0328. The zero-order chi connectivity index (χ0) is 48.8. The molecule has 0 radical (unpaired) electrons. The molecule has 7 rings (SSSR count). The average Bonchev–Trinajstić information content (AvgIpc) is 3.96. The second-order valence-corrected chi connectivity index (χ2v) is 18.7. The monoisotopic (exact) mass is 957 g/mol. The van der Waals surface area contributed by atoms with Crippen LogP contribution in [0.3, 0.4) is 0 Å². The highest BCUT2D eigenvalue weighted by atomic mass is 31.2. The third-order valence-corrected chi connectivity index (χ3v) is 14.1. The largest absolute Gasteiger partial charge is 0.497 e. The van der Waals surface area contributed by atoms with E-state index < -0.39 is 38.7 Å². The van der Waals surface area contributed by atoms with E-state index in [2.05, 4.69) is 67.8 Å². The fraction of sp³-hybridized carbons (Fsp3) is 0.415. The predicted molar refractivity (Wildman–Crippen MR) is 266 cm³/mol. The lowest BCUT2D eigenvalue weighted by Crippen LogP contribution is -2.43. The molecule has 0 spiro atoms. The molecule has 1 aliphatic heterocycles. The number of carbonyl (C=O) groups excluding carboxylic acids is 1. The topological polar surface area (TPSA) is 164 Å². The molecule has 0 saturated carbocycles.